The summed E-state index contributed by atoms with van der Waals surface area (Å²) in [4.78, 5) is 0. The number of hydrogen-bond acceptors (Lipinski definition) is 1. The molecule has 0 atom stereocenters. The van der Waals surface area contributed by atoms with Gasteiger partial charge in [-0.15, -0.1) is 0 Å². The van der Waals surface area contributed by atoms with E-state index < -0.39 is 0 Å². The first-order valence-electron chi connectivity index (χ1n) is 4.68. The average Bonchev–Trinajstić information content (AvgIpc) is 2.11. The molecule has 1 nitrogen and oxygen atoms in total. The molecule has 0 spiro atoms. The van der Waals surface area contributed by atoms with Gasteiger partial charge in [0.2, 0.25) is 0 Å². The predicted molar refractivity (Wildman–Crippen MR) is 61.3 cm³/mol. The Bertz CT molecular complexity index is 321. The van der Waals surface area contributed by atoms with Crippen molar-refractivity contribution in [2.75, 3.05) is 0 Å². The SMILES string of the molecule is CC(C)CCc1c(Cl)ccc(O)c1Cl. The van der Waals surface area contributed by atoms with Crippen molar-refractivity contribution in [3.8, 4) is 5.75 Å². The van der Waals surface area contributed by atoms with Crippen LogP contribution in [0, 0.1) is 5.92 Å². The lowest BCUT2D eigenvalue weighted by molar-refractivity contribution is 0.474. The number of phenols is 1. The molecule has 0 aromatic heterocycles. The van der Waals surface area contributed by atoms with Crippen LogP contribution in [-0.4, -0.2) is 5.11 Å². The second-order valence-corrected chi connectivity index (χ2v) is 4.58. The standard InChI is InChI=1S/C11H14Cl2O/c1-7(2)3-4-8-9(12)5-6-10(14)11(8)13/h5-7,14H,3-4H2,1-2H3. The fourth-order valence-electron chi connectivity index (χ4n) is 1.25. The largest absolute Gasteiger partial charge is 0.506 e. The van der Waals surface area contributed by atoms with Crippen LogP contribution >= 0.6 is 23.2 Å². The molecule has 0 bridgehead atoms. The van der Waals surface area contributed by atoms with Gasteiger partial charge in [0.25, 0.3) is 0 Å². The summed E-state index contributed by atoms with van der Waals surface area (Å²) >= 11 is 11.9. The van der Waals surface area contributed by atoms with Crippen molar-refractivity contribution in [3.63, 3.8) is 0 Å². The van der Waals surface area contributed by atoms with Gasteiger partial charge in [-0.3, -0.25) is 0 Å². The van der Waals surface area contributed by atoms with Crippen molar-refractivity contribution < 1.29 is 5.11 Å². The highest BCUT2D eigenvalue weighted by Crippen LogP contribution is 2.33. The van der Waals surface area contributed by atoms with E-state index in [0.717, 1.165) is 18.4 Å². The lowest BCUT2D eigenvalue weighted by atomic mass is 10.0. The zero-order valence-corrected chi connectivity index (χ0v) is 9.86. The van der Waals surface area contributed by atoms with Gasteiger partial charge in [0.05, 0.1) is 5.02 Å². The first-order valence-corrected chi connectivity index (χ1v) is 5.43. The van der Waals surface area contributed by atoms with Gasteiger partial charge < -0.3 is 5.11 Å². The van der Waals surface area contributed by atoms with Crippen LogP contribution < -0.4 is 0 Å². The summed E-state index contributed by atoms with van der Waals surface area (Å²) in [6.45, 7) is 4.29. The lowest BCUT2D eigenvalue weighted by Crippen LogP contribution is -1.94. The molecule has 0 aliphatic carbocycles. The summed E-state index contributed by atoms with van der Waals surface area (Å²) in [5.41, 5.74) is 0.849. The first-order chi connectivity index (χ1) is 6.52. The molecule has 0 saturated heterocycles. The minimum atomic E-state index is 0.106. The second kappa shape index (κ2) is 4.90. The molecule has 1 rings (SSSR count). The van der Waals surface area contributed by atoms with E-state index in [1.54, 1.807) is 6.07 Å². The van der Waals surface area contributed by atoms with Crippen LogP contribution in [-0.2, 0) is 6.42 Å². The van der Waals surface area contributed by atoms with E-state index in [1.807, 2.05) is 0 Å². The van der Waals surface area contributed by atoms with E-state index in [1.165, 1.54) is 6.07 Å². The molecule has 1 N–H and O–H groups in total. The molecule has 0 amide bonds. The van der Waals surface area contributed by atoms with Crippen LogP contribution in [0.1, 0.15) is 25.8 Å². The fraction of sp³-hybridized carbons (Fsp3) is 0.455. The van der Waals surface area contributed by atoms with E-state index in [4.69, 9.17) is 23.2 Å². The summed E-state index contributed by atoms with van der Waals surface area (Å²) in [5, 5.41) is 10.4. The summed E-state index contributed by atoms with van der Waals surface area (Å²) < 4.78 is 0. The molecule has 0 saturated carbocycles. The summed E-state index contributed by atoms with van der Waals surface area (Å²) in [5.74, 6) is 0.708. The van der Waals surface area contributed by atoms with Crippen LogP contribution in [0.25, 0.3) is 0 Å². The van der Waals surface area contributed by atoms with E-state index in [9.17, 15) is 5.11 Å². The molecule has 0 aliphatic rings. The number of hydrogen-bond donors (Lipinski definition) is 1. The number of halogens is 2. The third-order valence-electron chi connectivity index (χ3n) is 2.14. The zero-order chi connectivity index (χ0) is 10.7. The van der Waals surface area contributed by atoms with Crippen molar-refractivity contribution in [1.82, 2.24) is 0 Å². The maximum absolute atomic E-state index is 9.40. The third-order valence-corrected chi connectivity index (χ3v) is 2.91. The average molecular weight is 233 g/mol. The van der Waals surface area contributed by atoms with E-state index in [2.05, 4.69) is 13.8 Å². The molecule has 0 unspecified atom stereocenters. The van der Waals surface area contributed by atoms with Crippen molar-refractivity contribution in [1.29, 1.82) is 0 Å². The maximum atomic E-state index is 9.40. The Balaban J connectivity index is 2.89. The molecule has 1 aromatic rings. The fourth-order valence-corrected chi connectivity index (χ4v) is 1.81. The van der Waals surface area contributed by atoms with Gasteiger partial charge in [-0.1, -0.05) is 37.0 Å². The highest BCUT2D eigenvalue weighted by atomic mass is 35.5. The summed E-state index contributed by atoms with van der Waals surface area (Å²) in [6.07, 6.45) is 1.83. The molecule has 14 heavy (non-hydrogen) atoms. The Kier molecular flexibility index (Phi) is 4.09. The lowest BCUT2D eigenvalue weighted by Gasteiger charge is -2.09. The monoisotopic (exact) mass is 232 g/mol. The highest BCUT2D eigenvalue weighted by Gasteiger charge is 2.10. The molecule has 0 aliphatic heterocycles. The van der Waals surface area contributed by atoms with Crippen molar-refractivity contribution in [3.05, 3.63) is 27.7 Å². The number of aromatic hydroxyl groups is 1. The maximum Gasteiger partial charge on any atom is 0.134 e. The van der Waals surface area contributed by atoms with Gasteiger partial charge in [0.1, 0.15) is 5.75 Å². The summed E-state index contributed by atoms with van der Waals surface area (Å²) in [7, 11) is 0. The molecule has 0 fully saturated rings. The van der Waals surface area contributed by atoms with Gasteiger partial charge in [0, 0.05) is 5.02 Å². The van der Waals surface area contributed by atoms with Crippen molar-refractivity contribution in [2.24, 2.45) is 5.92 Å². The predicted octanol–water partition coefficient (Wildman–Crippen LogP) is 4.29. The van der Waals surface area contributed by atoms with E-state index >= 15 is 0 Å². The molecular weight excluding hydrogens is 219 g/mol. The van der Waals surface area contributed by atoms with Crippen LogP contribution in [0.2, 0.25) is 10.0 Å². The Morgan fingerprint density at radius 3 is 2.50 bits per heavy atom. The van der Waals surface area contributed by atoms with Gasteiger partial charge >= 0.3 is 0 Å². The summed E-state index contributed by atoms with van der Waals surface area (Å²) in [6, 6.07) is 3.20. The number of rotatable bonds is 3. The molecule has 0 heterocycles. The Morgan fingerprint density at radius 1 is 1.29 bits per heavy atom. The normalized spacial score (nSPS) is 10.9. The minimum absolute atomic E-state index is 0.106. The number of phenolic OH excluding ortho intramolecular Hbond substituents is 1. The minimum Gasteiger partial charge on any atom is -0.506 e. The topological polar surface area (TPSA) is 20.2 Å². The van der Waals surface area contributed by atoms with Gasteiger partial charge in [-0.2, -0.15) is 0 Å². The number of benzene rings is 1. The highest BCUT2D eigenvalue weighted by molar-refractivity contribution is 6.36. The second-order valence-electron chi connectivity index (χ2n) is 3.79. The Labute approximate surface area is 94.7 Å². The van der Waals surface area contributed by atoms with Crippen LogP contribution in [0.4, 0.5) is 0 Å². The Morgan fingerprint density at radius 2 is 1.93 bits per heavy atom. The van der Waals surface area contributed by atoms with E-state index in [-0.39, 0.29) is 5.75 Å². The van der Waals surface area contributed by atoms with E-state index in [0.29, 0.717) is 16.0 Å². The quantitative estimate of drug-likeness (QED) is 0.825. The van der Waals surface area contributed by atoms with Crippen LogP contribution in [0.15, 0.2) is 12.1 Å². The zero-order valence-electron chi connectivity index (χ0n) is 8.35. The van der Waals surface area contributed by atoms with Gasteiger partial charge in [-0.25, -0.2) is 0 Å². The molecule has 78 valence electrons. The third kappa shape index (κ3) is 2.79. The molecule has 3 heteroatoms. The Hall–Kier alpha value is -0.400. The van der Waals surface area contributed by atoms with Gasteiger partial charge in [0.15, 0.2) is 0 Å². The smallest absolute Gasteiger partial charge is 0.134 e. The van der Waals surface area contributed by atoms with Gasteiger partial charge in [-0.05, 0) is 36.5 Å². The van der Waals surface area contributed by atoms with Crippen molar-refractivity contribution in [2.45, 2.75) is 26.7 Å². The van der Waals surface area contributed by atoms with Crippen LogP contribution in [0.5, 0.6) is 5.75 Å². The molecular formula is C11H14Cl2O. The van der Waals surface area contributed by atoms with Crippen LogP contribution in [0.3, 0.4) is 0 Å². The van der Waals surface area contributed by atoms with Crippen molar-refractivity contribution >= 4 is 23.2 Å². The first kappa shape index (κ1) is 11.7. The molecule has 0 radical (unpaired) electrons. The molecule has 1 aromatic carbocycles.